The summed E-state index contributed by atoms with van der Waals surface area (Å²) in [5.41, 5.74) is 8.79. The van der Waals surface area contributed by atoms with E-state index in [1.165, 1.54) is 23.9 Å². The van der Waals surface area contributed by atoms with Gasteiger partial charge in [0, 0.05) is 0 Å². The van der Waals surface area contributed by atoms with Gasteiger partial charge in [-0.05, 0) is 42.0 Å². The van der Waals surface area contributed by atoms with Crippen molar-refractivity contribution < 1.29 is 13.2 Å². The fourth-order valence-corrected chi connectivity index (χ4v) is 5.02. The molecule has 0 saturated carbocycles. The molecule has 0 bridgehead atoms. The molecular formula is C24H19N5O3S. The first-order valence-corrected chi connectivity index (χ1v) is 11.5. The molecule has 164 valence electrons. The van der Waals surface area contributed by atoms with Crippen LogP contribution in [-0.2, 0) is 9.84 Å². The lowest BCUT2D eigenvalue weighted by atomic mass is 10.2. The Balaban J connectivity index is 1.78. The lowest BCUT2D eigenvalue weighted by Gasteiger charge is -2.06. The maximum atomic E-state index is 13.6. The number of nitrogens with two attached hydrogens (primary N) is 1. The second kappa shape index (κ2) is 8.03. The van der Waals surface area contributed by atoms with Crippen LogP contribution in [0.25, 0.3) is 22.2 Å². The Morgan fingerprint density at radius 1 is 0.909 bits per heavy atom. The van der Waals surface area contributed by atoms with Crippen LogP contribution >= 0.6 is 0 Å². The van der Waals surface area contributed by atoms with Gasteiger partial charge in [0.05, 0.1) is 29.3 Å². The Bertz CT molecular complexity index is 1610. The van der Waals surface area contributed by atoms with Crippen LogP contribution in [0.2, 0.25) is 0 Å². The van der Waals surface area contributed by atoms with Gasteiger partial charge in [0.15, 0.2) is 5.65 Å². The van der Waals surface area contributed by atoms with E-state index in [9.17, 15) is 8.42 Å². The van der Waals surface area contributed by atoms with Crippen LogP contribution in [0.3, 0.4) is 0 Å². The van der Waals surface area contributed by atoms with Crippen molar-refractivity contribution in [2.45, 2.75) is 9.79 Å². The first kappa shape index (κ1) is 20.7. The summed E-state index contributed by atoms with van der Waals surface area (Å²) < 4.78 is 33.7. The molecule has 0 spiro atoms. The third-order valence-electron chi connectivity index (χ3n) is 5.19. The molecule has 0 fully saturated rings. The van der Waals surface area contributed by atoms with E-state index in [-0.39, 0.29) is 26.8 Å². The van der Waals surface area contributed by atoms with Gasteiger partial charge in [0.2, 0.25) is 9.84 Å². The average molecular weight is 458 g/mol. The van der Waals surface area contributed by atoms with Crippen molar-refractivity contribution in [2.24, 2.45) is 5.10 Å². The van der Waals surface area contributed by atoms with Crippen molar-refractivity contribution in [1.82, 2.24) is 14.6 Å². The van der Waals surface area contributed by atoms with E-state index in [2.05, 4.69) is 15.1 Å². The minimum atomic E-state index is -4.03. The number of rotatable bonds is 5. The van der Waals surface area contributed by atoms with Gasteiger partial charge in [0.25, 0.3) is 0 Å². The van der Waals surface area contributed by atoms with Crippen LogP contribution in [0.15, 0.2) is 93.8 Å². The highest BCUT2D eigenvalue weighted by Crippen LogP contribution is 2.35. The number of nitrogens with zero attached hydrogens (tertiary/aromatic N) is 4. The highest BCUT2D eigenvalue weighted by molar-refractivity contribution is 7.92. The van der Waals surface area contributed by atoms with Crippen LogP contribution in [0.1, 0.15) is 5.56 Å². The van der Waals surface area contributed by atoms with E-state index in [1.807, 2.05) is 42.5 Å². The number of hydrogen-bond donors (Lipinski definition) is 1. The largest absolute Gasteiger partial charge is 0.497 e. The zero-order valence-electron chi connectivity index (χ0n) is 17.6. The third kappa shape index (κ3) is 3.58. The van der Waals surface area contributed by atoms with Crippen molar-refractivity contribution in [3.63, 3.8) is 0 Å². The number of fused-ring (bicyclic) bond motifs is 2. The number of sulfone groups is 1. The fourth-order valence-electron chi connectivity index (χ4n) is 3.54. The van der Waals surface area contributed by atoms with Crippen LogP contribution in [0.5, 0.6) is 5.75 Å². The summed E-state index contributed by atoms with van der Waals surface area (Å²) in [6.07, 6.45) is 1.59. The van der Waals surface area contributed by atoms with Gasteiger partial charge in [-0.25, -0.2) is 18.4 Å². The second-order valence-electron chi connectivity index (χ2n) is 7.24. The molecule has 0 unspecified atom stereocenters. The molecule has 0 radical (unpaired) electrons. The predicted octanol–water partition coefficient (Wildman–Crippen LogP) is 3.89. The molecule has 2 aromatic heterocycles. The topological polar surface area (TPSA) is 112 Å². The van der Waals surface area contributed by atoms with Crippen LogP contribution in [-0.4, -0.2) is 36.4 Å². The summed E-state index contributed by atoms with van der Waals surface area (Å²) in [4.78, 5) is 9.16. The predicted molar refractivity (Wildman–Crippen MR) is 127 cm³/mol. The minimum absolute atomic E-state index is 0.0658. The number of ether oxygens (including phenoxy) is 1. The minimum Gasteiger partial charge on any atom is -0.497 e. The van der Waals surface area contributed by atoms with E-state index in [0.717, 1.165) is 5.56 Å². The Labute approximate surface area is 189 Å². The van der Waals surface area contributed by atoms with Crippen LogP contribution < -0.4 is 10.5 Å². The molecule has 0 amide bonds. The normalized spacial score (nSPS) is 12.0. The summed E-state index contributed by atoms with van der Waals surface area (Å²) in [5.74, 6) is 0.478. The summed E-state index contributed by atoms with van der Waals surface area (Å²) in [5, 5.41) is 4.45. The maximum absolute atomic E-state index is 13.6. The number of benzene rings is 3. The molecule has 8 nitrogen and oxygen atoms in total. The summed E-state index contributed by atoms with van der Waals surface area (Å²) in [6, 6.07) is 22.7. The molecule has 5 rings (SSSR count). The van der Waals surface area contributed by atoms with E-state index in [4.69, 9.17) is 10.5 Å². The zero-order valence-corrected chi connectivity index (χ0v) is 18.4. The van der Waals surface area contributed by atoms with Gasteiger partial charge < -0.3 is 10.5 Å². The second-order valence-corrected chi connectivity index (χ2v) is 9.13. The van der Waals surface area contributed by atoms with Gasteiger partial charge >= 0.3 is 0 Å². The van der Waals surface area contributed by atoms with Crippen molar-refractivity contribution in [3.05, 3.63) is 84.4 Å². The molecule has 0 aliphatic heterocycles. The van der Waals surface area contributed by atoms with Gasteiger partial charge in [-0.15, -0.1) is 0 Å². The SMILES string of the molecule is COc1ccc(S(=O)(=O)c2c(N)n(N=Cc3ccccc3)c3nc4ccccc4nc23)cc1. The Hall–Kier alpha value is -4.24. The molecule has 0 saturated heterocycles. The molecule has 5 aromatic rings. The number of aromatic nitrogens is 3. The van der Waals surface area contributed by atoms with Crippen molar-refractivity contribution in [3.8, 4) is 5.75 Å². The van der Waals surface area contributed by atoms with Crippen molar-refractivity contribution >= 4 is 44.1 Å². The lowest BCUT2D eigenvalue weighted by Crippen LogP contribution is -2.06. The van der Waals surface area contributed by atoms with E-state index < -0.39 is 9.84 Å². The molecule has 33 heavy (non-hydrogen) atoms. The summed E-state index contributed by atoms with van der Waals surface area (Å²) in [7, 11) is -2.52. The van der Waals surface area contributed by atoms with E-state index in [1.54, 1.807) is 30.5 Å². The lowest BCUT2D eigenvalue weighted by molar-refractivity contribution is 0.414. The smallest absolute Gasteiger partial charge is 0.212 e. The quantitative estimate of drug-likeness (QED) is 0.401. The molecule has 0 aliphatic carbocycles. The standard InChI is InChI=1S/C24H19N5O3S/c1-32-17-11-13-18(14-12-17)33(30,31)22-21-24(28-20-10-6-5-9-19(20)27-21)29(23(22)25)26-15-16-7-3-2-4-8-16/h2-15H,25H2,1H3. The van der Waals surface area contributed by atoms with Crippen molar-refractivity contribution in [1.29, 1.82) is 0 Å². The third-order valence-corrected chi connectivity index (χ3v) is 7.02. The van der Waals surface area contributed by atoms with Gasteiger partial charge in [-0.1, -0.05) is 42.5 Å². The van der Waals surface area contributed by atoms with Crippen LogP contribution in [0.4, 0.5) is 5.82 Å². The molecule has 2 heterocycles. The first-order chi connectivity index (χ1) is 16.0. The average Bonchev–Trinajstić information content (AvgIpc) is 3.12. The first-order valence-electron chi connectivity index (χ1n) is 10.0. The molecule has 2 N–H and O–H groups in total. The molecular weight excluding hydrogens is 438 g/mol. The summed E-state index contributed by atoms with van der Waals surface area (Å²) >= 11 is 0. The van der Waals surface area contributed by atoms with Gasteiger partial charge in [-0.2, -0.15) is 9.78 Å². The van der Waals surface area contributed by atoms with E-state index in [0.29, 0.717) is 16.8 Å². The molecule has 9 heteroatoms. The Morgan fingerprint density at radius 2 is 1.55 bits per heavy atom. The van der Waals surface area contributed by atoms with E-state index >= 15 is 0 Å². The van der Waals surface area contributed by atoms with Gasteiger partial charge in [0.1, 0.15) is 22.0 Å². The Morgan fingerprint density at radius 3 is 2.21 bits per heavy atom. The number of nitrogen functional groups attached to an aromatic ring is 1. The Kier molecular flexibility index (Phi) is 5.02. The molecule has 0 aliphatic rings. The number of anilines is 1. The maximum Gasteiger partial charge on any atom is 0.212 e. The number of para-hydroxylation sites is 2. The number of hydrogen-bond acceptors (Lipinski definition) is 7. The number of methoxy groups -OCH3 is 1. The zero-order chi connectivity index (χ0) is 23.0. The summed E-state index contributed by atoms with van der Waals surface area (Å²) in [6.45, 7) is 0. The highest BCUT2D eigenvalue weighted by Gasteiger charge is 2.30. The van der Waals surface area contributed by atoms with Crippen molar-refractivity contribution in [2.75, 3.05) is 12.8 Å². The fraction of sp³-hybridized carbons (Fsp3) is 0.0417. The van der Waals surface area contributed by atoms with Gasteiger partial charge in [-0.3, -0.25) is 0 Å². The highest BCUT2D eigenvalue weighted by atomic mass is 32.2. The molecule has 3 aromatic carbocycles. The monoisotopic (exact) mass is 457 g/mol. The molecule has 0 atom stereocenters. The van der Waals surface area contributed by atoms with Crippen LogP contribution in [0, 0.1) is 0 Å².